The molecule has 0 aromatic carbocycles. The molecule has 3 N–H and O–H groups in total. The number of carbonyl (C=O) groups is 2. The number of hydrogen-bond acceptors (Lipinski definition) is 4. The molecule has 0 aliphatic carbocycles. The number of hydrogen-bond donors (Lipinski definition) is 3. The lowest BCUT2D eigenvalue weighted by Gasteiger charge is -2.18. The van der Waals surface area contributed by atoms with Crippen molar-refractivity contribution in [2.75, 3.05) is 5.75 Å². The van der Waals surface area contributed by atoms with E-state index < -0.39 is 18.0 Å². The summed E-state index contributed by atoms with van der Waals surface area (Å²) < 4.78 is 0. The van der Waals surface area contributed by atoms with Gasteiger partial charge >= 0.3 is 11.9 Å². The third-order valence-corrected chi connectivity index (χ3v) is 5.25. The summed E-state index contributed by atoms with van der Waals surface area (Å²) in [5.41, 5.74) is 0. The maximum absolute atomic E-state index is 10.7. The van der Waals surface area contributed by atoms with Crippen LogP contribution in [-0.4, -0.2) is 44.4 Å². The summed E-state index contributed by atoms with van der Waals surface area (Å²) in [5.74, 6) is -1.99. The zero-order valence-corrected chi connectivity index (χ0v) is 16.2. The lowest BCUT2D eigenvalue weighted by Crippen LogP contribution is -2.23. The molecule has 0 saturated heterocycles. The molecule has 5 nitrogen and oxygen atoms in total. The van der Waals surface area contributed by atoms with Gasteiger partial charge in [0.05, 0.1) is 11.9 Å². The van der Waals surface area contributed by atoms with Crippen LogP contribution >= 0.6 is 11.8 Å². The Morgan fingerprint density at radius 1 is 0.960 bits per heavy atom. The normalized spacial score (nSPS) is 13.8. The van der Waals surface area contributed by atoms with Gasteiger partial charge < -0.3 is 15.3 Å². The molecule has 0 saturated carbocycles. The van der Waals surface area contributed by atoms with Gasteiger partial charge in [0.15, 0.2) is 0 Å². The second-order valence-electron chi connectivity index (χ2n) is 6.36. The second-order valence-corrected chi connectivity index (χ2v) is 7.53. The van der Waals surface area contributed by atoms with Crippen LogP contribution in [0.3, 0.4) is 0 Å². The molecule has 0 aromatic heterocycles. The van der Waals surface area contributed by atoms with E-state index in [1.54, 1.807) is 0 Å². The van der Waals surface area contributed by atoms with Crippen molar-refractivity contribution in [1.29, 1.82) is 0 Å². The van der Waals surface area contributed by atoms with Gasteiger partial charge in [-0.15, -0.1) is 11.8 Å². The first-order chi connectivity index (χ1) is 12.0. The Kier molecular flexibility index (Phi) is 15.8. The van der Waals surface area contributed by atoms with Gasteiger partial charge in [-0.05, 0) is 19.3 Å². The van der Waals surface area contributed by atoms with Gasteiger partial charge in [0.25, 0.3) is 0 Å². The van der Waals surface area contributed by atoms with Gasteiger partial charge in [0.2, 0.25) is 0 Å². The lowest BCUT2D eigenvalue weighted by atomic mass is 10.1. The summed E-state index contributed by atoms with van der Waals surface area (Å²) in [7, 11) is 0. The number of aliphatic hydroxyl groups is 1. The van der Waals surface area contributed by atoms with E-state index in [1.165, 1.54) is 44.9 Å². The number of thioether (sulfide) groups is 1. The summed E-state index contributed by atoms with van der Waals surface area (Å²) >= 11 is 1.14. The Morgan fingerprint density at radius 3 is 2.12 bits per heavy atom. The van der Waals surface area contributed by atoms with Crippen LogP contribution in [0.25, 0.3) is 0 Å². The summed E-state index contributed by atoms with van der Waals surface area (Å²) in [4.78, 5) is 21.3. The SMILES string of the molecule is CCCCCCCCCC/C=C\C(SCC(=O)O)C(O)CCC(=O)O. The molecule has 0 aliphatic rings. The highest BCUT2D eigenvalue weighted by Crippen LogP contribution is 2.20. The molecule has 0 heterocycles. The number of unbranched alkanes of at least 4 members (excludes halogenated alkanes) is 8. The summed E-state index contributed by atoms with van der Waals surface area (Å²) in [6.07, 6.45) is 13.9. The summed E-state index contributed by atoms with van der Waals surface area (Å²) in [6.45, 7) is 2.22. The Hall–Kier alpha value is -1.01. The van der Waals surface area contributed by atoms with Crippen LogP contribution in [0.5, 0.6) is 0 Å². The fourth-order valence-corrected chi connectivity index (χ4v) is 3.44. The maximum atomic E-state index is 10.7. The van der Waals surface area contributed by atoms with Gasteiger partial charge in [0.1, 0.15) is 0 Å². The fourth-order valence-electron chi connectivity index (χ4n) is 2.52. The van der Waals surface area contributed by atoms with Crippen LogP contribution in [0.4, 0.5) is 0 Å². The lowest BCUT2D eigenvalue weighted by molar-refractivity contribution is -0.137. The van der Waals surface area contributed by atoms with Crippen molar-refractivity contribution in [2.45, 2.75) is 88.9 Å². The predicted molar refractivity (Wildman–Crippen MR) is 103 cm³/mol. The number of rotatable bonds is 17. The summed E-state index contributed by atoms with van der Waals surface area (Å²) in [5, 5.41) is 27.2. The third kappa shape index (κ3) is 16.2. The highest BCUT2D eigenvalue weighted by molar-refractivity contribution is 8.00. The Labute approximate surface area is 155 Å². The van der Waals surface area contributed by atoms with Crippen molar-refractivity contribution < 1.29 is 24.9 Å². The molecule has 0 aromatic rings. The van der Waals surface area contributed by atoms with Crippen LogP contribution in [0.1, 0.15) is 77.6 Å². The molecular weight excluding hydrogens is 340 g/mol. The molecule has 0 rings (SSSR count). The monoisotopic (exact) mass is 374 g/mol. The Morgan fingerprint density at radius 2 is 1.56 bits per heavy atom. The van der Waals surface area contributed by atoms with E-state index in [0.29, 0.717) is 0 Å². The van der Waals surface area contributed by atoms with Crippen LogP contribution in [0.15, 0.2) is 12.2 Å². The van der Waals surface area contributed by atoms with E-state index in [0.717, 1.165) is 24.6 Å². The average Bonchev–Trinajstić information content (AvgIpc) is 2.56. The number of carboxylic acids is 2. The van der Waals surface area contributed by atoms with Crippen molar-refractivity contribution >= 4 is 23.7 Å². The van der Waals surface area contributed by atoms with Gasteiger partial charge in [-0.1, -0.05) is 64.0 Å². The maximum Gasteiger partial charge on any atom is 0.313 e. The number of aliphatic hydroxyl groups excluding tert-OH is 1. The van der Waals surface area contributed by atoms with E-state index in [9.17, 15) is 14.7 Å². The Balaban J connectivity index is 4.02. The van der Waals surface area contributed by atoms with E-state index in [1.807, 2.05) is 12.2 Å². The van der Waals surface area contributed by atoms with Crippen molar-refractivity contribution in [2.24, 2.45) is 0 Å². The number of allylic oxidation sites excluding steroid dienone is 1. The van der Waals surface area contributed by atoms with Gasteiger partial charge in [-0.25, -0.2) is 0 Å². The van der Waals surface area contributed by atoms with Gasteiger partial charge in [-0.2, -0.15) is 0 Å². The van der Waals surface area contributed by atoms with Crippen LogP contribution in [0, 0.1) is 0 Å². The molecular formula is C19H34O5S. The fraction of sp³-hybridized carbons (Fsp3) is 0.789. The summed E-state index contributed by atoms with van der Waals surface area (Å²) in [6, 6.07) is 0. The molecule has 0 aliphatic heterocycles. The largest absolute Gasteiger partial charge is 0.481 e. The van der Waals surface area contributed by atoms with Crippen LogP contribution in [-0.2, 0) is 9.59 Å². The van der Waals surface area contributed by atoms with E-state index >= 15 is 0 Å². The predicted octanol–water partition coefficient (Wildman–Crippen LogP) is 4.49. The molecule has 0 spiro atoms. The van der Waals surface area contributed by atoms with Crippen LogP contribution < -0.4 is 0 Å². The molecule has 2 atom stereocenters. The average molecular weight is 375 g/mol. The molecule has 0 bridgehead atoms. The van der Waals surface area contributed by atoms with E-state index in [4.69, 9.17) is 10.2 Å². The van der Waals surface area contributed by atoms with Gasteiger partial charge in [0, 0.05) is 11.7 Å². The minimum absolute atomic E-state index is 0.100. The van der Waals surface area contributed by atoms with Crippen molar-refractivity contribution in [3.05, 3.63) is 12.2 Å². The van der Waals surface area contributed by atoms with Crippen molar-refractivity contribution in [3.63, 3.8) is 0 Å². The topological polar surface area (TPSA) is 94.8 Å². The zero-order chi connectivity index (χ0) is 18.9. The minimum atomic E-state index is -0.955. The third-order valence-electron chi connectivity index (χ3n) is 3.98. The molecule has 25 heavy (non-hydrogen) atoms. The first-order valence-electron chi connectivity index (χ1n) is 9.37. The number of carboxylic acid groups (broad SMARTS) is 2. The highest BCUT2D eigenvalue weighted by atomic mass is 32.2. The second kappa shape index (κ2) is 16.5. The molecule has 0 radical (unpaired) electrons. The van der Waals surface area contributed by atoms with Crippen LogP contribution in [0.2, 0.25) is 0 Å². The standard InChI is InChI=1S/C19H34O5S/c1-2-3-4-5-6-7-8-9-10-11-12-17(25-15-19(23)24)16(20)13-14-18(21)22/h11-12,16-17,20H,2-10,13-15H2,1H3,(H,21,22)(H,23,24)/b12-11-. The minimum Gasteiger partial charge on any atom is -0.481 e. The smallest absolute Gasteiger partial charge is 0.313 e. The molecule has 146 valence electrons. The first kappa shape index (κ1) is 24.0. The van der Waals surface area contributed by atoms with Gasteiger partial charge in [-0.3, -0.25) is 9.59 Å². The molecule has 6 heteroatoms. The quantitative estimate of drug-likeness (QED) is 0.256. The molecule has 2 unspecified atom stereocenters. The first-order valence-corrected chi connectivity index (χ1v) is 10.4. The zero-order valence-electron chi connectivity index (χ0n) is 15.4. The molecule has 0 amide bonds. The van der Waals surface area contributed by atoms with Crippen molar-refractivity contribution in [1.82, 2.24) is 0 Å². The highest BCUT2D eigenvalue weighted by Gasteiger charge is 2.19. The number of aliphatic carboxylic acids is 2. The van der Waals surface area contributed by atoms with E-state index in [-0.39, 0.29) is 23.8 Å². The van der Waals surface area contributed by atoms with Crippen molar-refractivity contribution in [3.8, 4) is 0 Å². The molecule has 0 fully saturated rings. The Bertz CT molecular complexity index is 384. The van der Waals surface area contributed by atoms with E-state index in [2.05, 4.69) is 6.92 Å².